The first-order valence-corrected chi connectivity index (χ1v) is 28.0. The molecule has 12 atom stereocenters. The number of primary amides is 1. The molecule has 1 aliphatic rings. The quantitative estimate of drug-likeness (QED) is 0.0485. The van der Waals surface area contributed by atoms with Crippen molar-refractivity contribution in [2.75, 3.05) is 46.7 Å². The summed E-state index contributed by atoms with van der Waals surface area (Å²) < 4.78 is 17.7. The first kappa shape index (κ1) is 67.9. The maximum absolute atomic E-state index is 14.7. The molecule has 1 saturated heterocycles. The highest BCUT2D eigenvalue weighted by Gasteiger charge is 2.44. The van der Waals surface area contributed by atoms with Crippen LogP contribution in [-0.4, -0.2) is 163 Å². The van der Waals surface area contributed by atoms with E-state index >= 15 is 0 Å². The SMILES string of the molecule is CC[C@H](C)[C@@H]([C@@H](CC(=O)N1CCC[C@H]1[C@H](OC)[C@@H](C)C(=O)N[C@H](C)[C@@H](O)c1ccccc1)OC)N(C)C(=O)C(NC(=O)[C@H](C(C)C)N(C)C(=O)OCc1ccc(NC(=O)[C@H](CCCNC(N)=O)NC(=O)[C@@H](N)C(C)C)cc1)C(C)C. The number of hydrogen-bond donors (Lipinski definition) is 8. The molecule has 1 aliphatic heterocycles. The largest absolute Gasteiger partial charge is 0.445 e. The van der Waals surface area contributed by atoms with E-state index in [1.807, 2.05) is 45.9 Å². The van der Waals surface area contributed by atoms with Crippen molar-refractivity contribution in [2.24, 2.45) is 41.1 Å². The third-order valence-electron chi connectivity index (χ3n) is 15.3. The van der Waals surface area contributed by atoms with Crippen LogP contribution in [-0.2, 0) is 49.6 Å². The fraction of sp³-hybridized carbons (Fsp3) is 0.655. The summed E-state index contributed by atoms with van der Waals surface area (Å²) in [5, 5.41) is 24.8. The Hall–Kier alpha value is -6.36. The monoisotopic (exact) mass is 1120 g/mol. The van der Waals surface area contributed by atoms with Gasteiger partial charge in [-0.1, -0.05) is 111 Å². The summed E-state index contributed by atoms with van der Waals surface area (Å²) >= 11 is 0. The van der Waals surface area contributed by atoms with Crippen molar-refractivity contribution >= 4 is 53.3 Å². The fourth-order valence-corrected chi connectivity index (χ4v) is 10.2. The lowest BCUT2D eigenvalue weighted by molar-refractivity contribution is -0.148. The molecular weight excluding hydrogens is 1030 g/mol. The molecule has 1 heterocycles. The highest BCUT2D eigenvalue weighted by atomic mass is 16.6. The molecule has 0 spiro atoms. The summed E-state index contributed by atoms with van der Waals surface area (Å²) in [4.78, 5) is 112. The Balaban J connectivity index is 1.70. The molecule has 0 radical (unpaired) electrons. The van der Waals surface area contributed by atoms with Gasteiger partial charge in [0, 0.05) is 47.1 Å². The molecule has 0 saturated carbocycles. The summed E-state index contributed by atoms with van der Waals surface area (Å²) in [6.07, 6.45) is -0.736. The lowest BCUT2D eigenvalue weighted by atomic mass is 9.89. The normalized spacial score (nSPS) is 17.6. The number of rotatable bonds is 31. The van der Waals surface area contributed by atoms with Crippen LogP contribution < -0.4 is 38.1 Å². The van der Waals surface area contributed by atoms with Gasteiger partial charge in [-0.25, -0.2) is 9.59 Å². The molecule has 3 rings (SSSR count). The minimum Gasteiger partial charge on any atom is -0.445 e. The second-order valence-electron chi connectivity index (χ2n) is 22.3. The molecular formula is C58H94N10O12. The zero-order valence-corrected chi connectivity index (χ0v) is 49.7. The Bertz CT molecular complexity index is 2320. The minimum absolute atomic E-state index is 0.0747. The molecule has 80 heavy (non-hydrogen) atoms. The summed E-state index contributed by atoms with van der Waals surface area (Å²) in [5.41, 5.74) is 12.8. The molecule has 2 aromatic carbocycles. The fourth-order valence-electron chi connectivity index (χ4n) is 10.2. The minimum atomic E-state index is -1.05. The van der Waals surface area contributed by atoms with Crippen molar-refractivity contribution in [3.05, 3.63) is 65.7 Å². The highest BCUT2D eigenvalue weighted by Crippen LogP contribution is 2.30. The number of nitrogens with two attached hydrogens (primary N) is 2. The number of carbonyl (C=O) groups is 8. The van der Waals surface area contributed by atoms with Crippen LogP contribution in [0.3, 0.4) is 0 Å². The van der Waals surface area contributed by atoms with E-state index in [1.54, 1.807) is 94.8 Å². The Morgan fingerprint density at radius 2 is 1.41 bits per heavy atom. The van der Waals surface area contributed by atoms with Crippen LogP contribution in [0.15, 0.2) is 54.6 Å². The van der Waals surface area contributed by atoms with Crippen molar-refractivity contribution in [3.8, 4) is 0 Å². The topological polar surface area (TPSA) is 306 Å². The summed E-state index contributed by atoms with van der Waals surface area (Å²) in [6, 6.07) is 9.37. The zero-order chi connectivity index (χ0) is 60.1. The average Bonchev–Trinajstić information content (AvgIpc) is 3.91. The number of likely N-dealkylation sites (N-methyl/N-ethyl adjacent to an activating group) is 2. The lowest BCUT2D eigenvalue weighted by Gasteiger charge is -2.41. The van der Waals surface area contributed by atoms with Crippen molar-refractivity contribution < 1.29 is 57.7 Å². The van der Waals surface area contributed by atoms with E-state index in [2.05, 4.69) is 26.6 Å². The van der Waals surface area contributed by atoms with Gasteiger partial charge in [0.15, 0.2) is 0 Å². The van der Waals surface area contributed by atoms with E-state index in [-0.39, 0.29) is 49.6 Å². The third kappa shape index (κ3) is 19.4. The number of hydrogen-bond acceptors (Lipinski definition) is 13. The predicted octanol–water partition coefficient (Wildman–Crippen LogP) is 4.43. The number of amides is 9. The number of anilines is 1. The first-order chi connectivity index (χ1) is 37.7. The van der Waals surface area contributed by atoms with E-state index in [0.717, 1.165) is 0 Å². The van der Waals surface area contributed by atoms with E-state index in [1.165, 1.54) is 26.2 Å². The molecule has 10 N–H and O–H groups in total. The van der Waals surface area contributed by atoms with E-state index in [0.29, 0.717) is 49.0 Å². The van der Waals surface area contributed by atoms with Crippen molar-refractivity contribution in [3.63, 3.8) is 0 Å². The van der Waals surface area contributed by atoms with Gasteiger partial charge in [0.05, 0.1) is 54.8 Å². The van der Waals surface area contributed by atoms with Crippen LogP contribution in [0.4, 0.5) is 15.3 Å². The van der Waals surface area contributed by atoms with Crippen molar-refractivity contribution in [2.45, 2.75) is 175 Å². The number of carbonyl (C=O) groups excluding carboxylic acids is 8. The number of nitrogens with one attached hydrogen (secondary N) is 5. The maximum atomic E-state index is 14.7. The summed E-state index contributed by atoms with van der Waals surface area (Å²) in [6.45, 7) is 18.7. The van der Waals surface area contributed by atoms with Gasteiger partial charge >= 0.3 is 12.1 Å². The number of aliphatic hydroxyl groups excluding tert-OH is 1. The van der Waals surface area contributed by atoms with Crippen LogP contribution in [0.5, 0.6) is 0 Å². The summed E-state index contributed by atoms with van der Waals surface area (Å²) in [5.74, 6) is -4.32. The zero-order valence-electron chi connectivity index (χ0n) is 49.7. The first-order valence-electron chi connectivity index (χ1n) is 28.0. The van der Waals surface area contributed by atoms with Gasteiger partial charge in [-0.15, -0.1) is 0 Å². The molecule has 0 aliphatic carbocycles. The smallest absolute Gasteiger partial charge is 0.410 e. The molecule has 1 unspecified atom stereocenters. The molecule has 0 aromatic heterocycles. The Kier molecular flexibility index (Phi) is 27.8. The van der Waals surface area contributed by atoms with Gasteiger partial charge in [-0.3, -0.25) is 33.7 Å². The van der Waals surface area contributed by atoms with E-state index in [4.69, 9.17) is 25.7 Å². The van der Waals surface area contributed by atoms with Crippen LogP contribution >= 0.6 is 0 Å². The predicted molar refractivity (Wildman–Crippen MR) is 305 cm³/mol. The van der Waals surface area contributed by atoms with Crippen LogP contribution in [0.1, 0.15) is 125 Å². The molecule has 22 heteroatoms. The molecule has 0 bridgehead atoms. The average molecular weight is 1120 g/mol. The van der Waals surface area contributed by atoms with Crippen molar-refractivity contribution in [1.82, 2.24) is 36.0 Å². The van der Waals surface area contributed by atoms with Gasteiger partial charge in [-0.05, 0) is 79.5 Å². The van der Waals surface area contributed by atoms with Gasteiger partial charge in [0.1, 0.15) is 24.7 Å². The molecule has 448 valence electrons. The standard InChI is InChI=1S/C58H94N10O12/c1-15-36(8)49(44(78-13)31-45(69)68-30-20-24-43(68)51(79-14)37(9)52(71)62-38(10)50(70)40-21-17-16-18-22-40)66(11)56(75)47(34(4)5)65-55(74)48(35(6)7)67(12)58(77)80-32-39-25-27-41(28-26-39)63-53(72)42(23-19-29-61-57(60)76)64-54(73)46(59)33(2)3/h16-18,21-22,25-28,33-38,42-44,46-51,70H,15,19-20,23-24,29-32,59H2,1-14H3,(H,62,71)(H,63,72)(H,64,73)(H,65,74)(H3,60,61,76)/t36-,37+,38+,42-,43-,44+,46-,47?,48-,49-,50+,51+/m0/s1. The number of nitrogens with zero attached hydrogens (tertiary/aromatic N) is 3. The Morgan fingerprint density at radius 3 is 1.96 bits per heavy atom. The number of urea groups is 1. The Labute approximate surface area is 473 Å². The molecule has 22 nitrogen and oxygen atoms in total. The Morgan fingerprint density at radius 1 is 0.775 bits per heavy atom. The van der Waals surface area contributed by atoms with Crippen LogP contribution in [0.2, 0.25) is 0 Å². The molecule has 9 amide bonds. The van der Waals surface area contributed by atoms with Crippen LogP contribution in [0.25, 0.3) is 0 Å². The van der Waals surface area contributed by atoms with Gasteiger partial charge in [-0.2, -0.15) is 0 Å². The number of ether oxygens (including phenoxy) is 3. The number of likely N-dealkylation sites (tertiary alicyclic amines) is 1. The van der Waals surface area contributed by atoms with Crippen molar-refractivity contribution in [1.29, 1.82) is 0 Å². The second-order valence-corrected chi connectivity index (χ2v) is 22.3. The highest BCUT2D eigenvalue weighted by molar-refractivity contribution is 5.98. The van der Waals surface area contributed by atoms with E-state index < -0.39 is 114 Å². The summed E-state index contributed by atoms with van der Waals surface area (Å²) in [7, 11) is 6.12. The molecule has 1 fully saturated rings. The maximum Gasteiger partial charge on any atom is 0.410 e. The third-order valence-corrected chi connectivity index (χ3v) is 15.3. The van der Waals surface area contributed by atoms with Gasteiger partial charge in [0.2, 0.25) is 35.4 Å². The lowest BCUT2D eigenvalue weighted by Crippen LogP contribution is -2.60. The number of methoxy groups -OCH3 is 2. The van der Waals surface area contributed by atoms with Gasteiger partial charge in [0.25, 0.3) is 0 Å². The van der Waals surface area contributed by atoms with Crippen LogP contribution in [0, 0.1) is 29.6 Å². The van der Waals surface area contributed by atoms with Gasteiger partial charge < -0.3 is 67.2 Å². The molecule has 2 aromatic rings. The second kappa shape index (κ2) is 32.8. The number of benzene rings is 2. The van der Waals surface area contributed by atoms with E-state index in [9.17, 15) is 43.5 Å². The number of aliphatic hydroxyl groups is 1.